The number of fused-ring (bicyclic) bond motifs is 6. The second kappa shape index (κ2) is 17.0. The van der Waals surface area contributed by atoms with E-state index in [9.17, 15) is 24.8 Å². The largest absolute Gasteiger partial charge is 0.453 e. The molecule has 4 heterocycles. The Morgan fingerprint density at radius 2 is 1.57 bits per heavy atom. The first-order valence-electron chi connectivity index (χ1n) is 22.2. The molecule has 8 atom stereocenters. The van der Waals surface area contributed by atoms with Crippen LogP contribution in [-0.2, 0) is 25.0 Å². The average Bonchev–Trinajstić information content (AvgIpc) is 4.17. The number of likely N-dealkylation sites (tertiary alicyclic amines) is 2. The van der Waals surface area contributed by atoms with Crippen LogP contribution in [0, 0.1) is 35.0 Å². The Morgan fingerprint density at radius 3 is 2.25 bits per heavy atom. The Balaban J connectivity index is 0.959. The molecule has 15 nitrogen and oxygen atoms in total. The SMILES string of the molecule is COC(=O)NC(C(=O)N1CC(C#N)CC1c1ncc(-c2ccc3c(c2)C(F)(F)c2cc(-c4ccc5nc(C6C7CCC(C7)N6C(=O)C(NC(O)OC)C(C)C)[nH]c5c4)ccc2-3)[nH]1)C(C)C. The van der Waals surface area contributed by atoms with E-state index in [2.05, 4.69) is 31.7 Å². The van der Waals surface area contributed by atoms with Crippen LogP contribution in [0.3, 0.4) is 0 Å². The molecular weight excluding hydrogens is 837 g/mol. The number of hydrogen-bond acceptors (Lipinski definition) is 10. The molecule has 9 rings (SSSR count). The number of amides is 3. The highest BCUT2D eigenvalue weighted by Crippen LogP contribution is 2.53. The molecule has 2 bridgehead atoms. The number of carbonyl (C=O) groups is 3. The van der Waals surface area contributed by atoms with Crippen molar-refractivity contribution in [3.8, 4) is 39.6 Å². The van der Waals surface area contributed by atoms with E-state index in [1.165, 1.54) is 20.3 Å². The van der Waals surface area contributed by atoms with Gasteiger partial charge in [-0.3, -0.25) is 14.9 Å². The fourth-order valence-electron chi connectivity index (χ4n) is 10.5. The lowest BCUT2D eigenvalue weighted by Gasteiger charge is -2.38. The van der Waals surface area contributed by atoms with E-state index in [4.69, 9.17) is 14.5 Å². The van der Waals surface area contributed by atoms with Crippen LogP contribution in [-0.4, -0.2) is 98.1 Å². The van der Waals surface area contributed by atoms with Gasteiger partial charge in [0.2, 0.25) is 18.2 Å². The molecule has 0 radical (unpaired) electrons. The number of rotatable bonds is 12. The molecule has 5 N–H and O–H groups in total. The van der Waals surface area contributed by atoms with Gasteiger partial charge in [-0.2, -0.15) is 14.0 Å². The van der Waals surface area contributed by atoms with Gasteiger partial charge < -0.3 is 39.7 Å². The summed E-state index contributed by atoms with van der Waals surface area (Å²) in [5, 5.41) is 25.5. The maximum absolute atomic E-state index is 16.6. The molecule has 8 unspecified atom stereocenters. The number of aliphatic hydroxyl groups is 1. The lowest BCUT2D eigenvalue weighted by atomic mass is 9.95. The van der Waals surface area contributed by atoms with Gasteiger partial charge >= 0.3 is 6.09 Å². The quantitative estimate of drug-likeness (QED) is 0.0803. The van der Waals surface area contributed by atoms with E-state index in [0.29, 0.717) is 51.5 Å². The Kier molecular flexibility index (Phi) is 11.5. The van der Waals surface area contributed by atoms with E-state index in [1.807, 2.05) is 43.0 Å². The number of nitrogens with zero attached hydrogens (tertiary/aromatic N) is 5. The molecule has 65 heavy (non-hydrogen) atoms. The number of benzene rings is 3. The van der Waals surface area contributed by atoms with Crippen molar-refractivity contribution >= 4 is 28.9 Å². The van der Waals surface area contributed by atoms with Gasteiger partial charge in [0.1, 0.15) is 17.7 Å². The average molecular weight is 890 g/mol. The summed E-state index contributed by atoms with van der Waals surface area (Å²) < 4.78 is 43.0. The number of H-pyrrole nitrogens is 2. The summed E-state index contributed by atoms with van der Waals surface area (Å²) in [6.45, 7) is 7.59. The van der Waals surface area contributed by atoms with Crippen molar-refractivity contribution in [2.24, 2.45) is 23.7 Å². The second-order valence-corrected chi connectivity index (χ2v) is 18.5. The lowest BCUT2D eigenvalue weighted by molar-refractivity contribution is -0.148. The molecule has 5 aromatic rings. The number of alkyl carbamates (subject to hydrolysis) is 1. The first-order chi connectivity index (χ1) is 31.1. The third kappa shape index (κ3) is 7.70. The van der Waals surface area contributed by atoms with Crippen molar-refractivity contribution in [1.29, 1.82) is 5.26 Å². The molecular formula is C48H53F2N9O6. The molecule has 2 aliphatic heterocycles. The van der Waals surface area contributed by atoms with Gasteiger partial charge in [-0.05, 0) is 90.0 Å². The van der Waals surface area contributed by atoms with Gasteiger partial charge in [-0.1, -0.05) is 58.0 Å². The van der Waals surface area contributed by atoms with Gasteiger partial charge in [0.15, 0.2) is 0 Å². The molecule has 3 fully saturated rings. The number of piperidine rings is 1. The summed E-state index contributed by atoms with van der Waals surface area (Å²) in [7, 11) is 2.59. The van der Waals surface area contributed by atoms with Gasteiger partial charge in [0.25, 0.3) is 5.92 Å². The highest BCUT2D eigenvalue weighted by molar-refractivity contribution is 5.88. The van der Waals surface area contributed by atoms with Crippen molar-refractivity contribution in [3.63, 3.8) is 0 Å². The number of hydrogen-bond donors (Lipinski definition) is 5. The van der Waals surface area contributed by atoms with E-state index in [1.54, 1.807) is 49.2 Å². The summed E-state index contributed by atoms with van der Waals surface area (Å²) in [5.74, 6) is -3.34. The van der Waals surface area contributed by atoms with Crippen LogP contribution >= 0.6 is 0 Å². The number of imidazole rings is 2. The predicted octanol–water partition coefficient (Wildman–Crippen LogP) is 7.12. The van der Waals surface area contributed by atoms with Crippen LogP contribution in [0.25, 0.3) is 44.5 Å². The minimum absolute atomic E-state index is 0.0644. The van der Waals surface area contributed by atoms with Crippen molar-refractivity contribution in [1.82, 2.24) is 40.4 Å². The number of carbonyl (C=O) groups excluding carboxylic acids is 3. The van der Waals surface area contributed by atoms with Crippen LogP contribution in [0.2, 0.25) is 0 Å². The van der Waals surface area contributed by atoms with Crippen LogP contribution < -0.4 is 10.6 Å². The maximum Gasteiger partial charge on any atom is 0.407 e. The molecule has 2 saturated heterocycles. The zero-order valence-electron chi connectivity index (χ0n) is 37.1. The lowest BCUT2D eigenvalue weighted by Crippen LogP contribution is -2.55. The Labute approximate surface area is 374 Å². The molecule has 2 aromatic heterocycles. The number of halogens is 2. The molecule has 3 aromatic carbocycles. The number of nitrogens with one attached hydrogen (secondary N) is 4. The maximum atomic E-state index is 16.6. The third-order valence-corrected chi connectivity index (χ3v) is 13.8. The summed E-state index contributed by atoms with van der Waals surface area (Å²) in [6.07, 6.45) is 2.57. The van der Waals surface area contributed by atoms with E-state index in [-0.39, 0.29) is 59.3 Å². The normalized spacial score (nSPS) is 23.1. The van der Waals surface area contributed by atoms with Gasteiger partial charge in [0, 0.05) is 36.4 Å². The smallest absolute Gasteiger partial charge is 0.407 e. The molecule has 4 aliphatic rings. The fraction of sp³-hybridized carbons (Fsp3) is 0.458. The highest BCUT2D eigenvalue weighted by atomic mass is 19.3. The summed E-state index contributed by atoms with van der Waals surface area (Å²) in [5.41, 5.74) is 4.34. The third-order valence-electron chi connectivity index (χ3n) is 13.8. The standard InChI is InChI=1S/C48H53F2N9O6/c1-23(2)39(56-46(62)64-5)44(60)58-22-25(20-51)15-38(58)42-52-21-37(55-42)28-9-13-32-31-12-8-26(17-33(31)48(49,50)34(32)18-28)27-10-14-35-36(19-27)54-43(53-35)41-29-7-11-30(16-29)59(41)45(61)40(24(3)4)57-47(63)65-6/h8-10,12-14,17-19,21,23-25,29-30,38-41,47,57,63H,7,11,15-16,22H2,1-6H3,(H,52,55)(H,53,54)(H,56,62). The Bertz CT molecular complexity index is 2710. The zero-order chi connectivity index (χ0) is 46.1. The van der Waals surface area contributed by atoms with Crippen molar-refractivity contribution in [2.45, 2.75) is 95.9 Å². The minimum Gasteiger partial charge on any atom is -0.453 e. The summed E-state index contributed by atoms with van der Waals surface area (Å²) in [4.78, 5) is 59.7. The number of aromatic nitrogens is 4. The summed E-state index contributed by atoms with van der Waals surface area (Å²) >= 11 is 0. The fourth-order valence-corrected chi connectivity index (χ4v) is 10.5. The van der Waals surface area contributed by atoms with E-state index >= 15 is 8.78 Å². The van der Waals surface area contributed by atoms with Gasteiger partial charge in [0.05, 0.1) is 60.1 Å². The first-order valence-corrected chi connectivity index (χ1v) is 22.2. The van der Waals surface area contributed by atoms with Crippen LogP contribution in [0.15, 0.2) is 60.8 Å². The van der Waals surface area contributed by atoms with Crippen LogP contribution in [0.1, 0.15) is 88.2 Å². The molecule has 340 valence electrons. The molecule has 0 spiro atoms. The Morgan fingerprint density at radius 1 is 0.892 bits per heavy atom. The van der Waals surface area contributed by atoms with Crippen LogP contribution in [0.4, 0.5) is 13.6 Å². The monoisotopic (exact) mass is 889 g/mol. The van der Waals surface area contributed by atoms with Crippen molar-refractivity contribution in [3.05, 3.63) is 83.6 Å². The number of ether oxygens (including phenoxy) is 2. The summed E-state index contributed by atoms with van der Waals surface area (Å²) in [6, 6.07) is 15.6. The number of nitriles is 1. The van der Waals surface area contributed by atoms with Gasteiger partial charge in [-0.25, -0.2) is 14.8 Å². The van der Waals surface area contributed by atoms with E-state index < -0.39 is 42.5 Å². The Hall–Kier alpha value is -6.22. The van der Waals surface area contributed by atoms with Crippen molar-refractivity contribution < 1.29 is 37.7 Å². The van der Waals surface area contributed by atoms with E-state index in [0.717, 1.165) is 30.3 Å². The molecule has 3 amide bonds. The molecule has 17 heteroatoms. The topological polar surface area (TPSA) is 202 Å². The minimum atomic E-state index is -3.32. The van der Waals surface area contributed by atoms with Crippen molar-refractivity contribution in [2.75, 3.05) is 20.8 Å². The number of alkyl halides is 2. The highest BCUT2D eigenvalue weighted by Gasteiger charge is 2.52. The van der Waals surface area contributed by atoms with Gasteiger partial charge in [-0.15, -0.1) is 0 Å². The zero-order valence-corrected chi connectivity index (χ0v) is 37.1. The first kappa shape index (κ1) is 44.0. The number of aliphatic hydroxyl groups excluding tert-OH is 1. The number of methoxy groups -OCH3 is 2. The second-order valence-electron chi connectivity index (χ2n) is 18.5. The predicted molar refractivity (Wildman–Crippen MR) is 235 cm³/mol. The molecule has 1 saturated carbocycles. The molecule has 2 aliphatic carbocycles. The van der Waals surface area contributed by atoms with Crippen LogP contribution in [0.5, 0.6) is 0 Å². The number of aromatic amines is 2.